The van der Waals surface area contributed by atoms with Crippen molar-refractivity contribution >= 4 is 107 Å². The Labute approximate surface area is 629 Å². The lowest BCUT2D eigenvalue weighted by molar-refractivity contribution is -0.143. The summed E-state index contributed by atoms with van der Waals surface area (Å²) < 4.78 is 0. The number of amides is 15. The second-order valence-corrected chi connectivity index (χ2v) is 25.8. The molecule has 29 N–H and O–H groups in total. The number of carbonyl (C=O) groups excluding carboxylic acids is 15. The zero-order chi connectivity index (χ0) is 83.1. The van der Waals surface area contributed by atoms with E-state index in [0.717, 1.165) is 0 Å². The lowest BCUT2D eigenvalue weighted by Crippen LogP contribution is -2.62. The molecule has 43 nitrogen and oxygen atoms in total. The maximum absolute atomic E-state index is 14.1. The quantitative estimate of drug-likeness (QED) is 0.0274. The predicted octanol–water partition coefficient (Wildman–Crippen LogP) is -10.2. The van der Waals surface area contributed by atoms with Crippen LogP contribution in [0.1, 0.15) is 103 Å². The van der Waals surface area contributed by atoms with E-state index >= 15 is 0 Å². The Morgan fingerprint density at radius 2 is 0.800 bits per heavy atom. The number of benzene rings is 2. The van der Waals surface area contributed by atoms with E-state index in [1.165, 1.54) is 31.2 Å². The third kappa shape index (κ3) is 34.6. The van der Waals surface area contributed by atoms with Crippen molar-refractivity contribution in [1.29, 1.82) is 0 Å². The van der Waals surface area contributed by atoms with Gasteiger partial charge < -0.3 is 133 Å². The number of nitrogens with two attached hydrogens (primary N) is 4. The van der Waals surface area contributed by atoms with E-state index in [4.69, 9.17) is 28.0 Å². The van der Waals surface area contributed by atoms with Crippen LogP contribution in [0.4, 0.5) is 0 Å². The Balaban J connectivity index is 2.32. The average Bonchev–Trinajstić information content (AvgIpc) is 0.850. The molecule has 43 heteroatoms. The van der Waals surface area contributed by atoms with Gasteiger partial charge in [0.25, 0.3) is 0 Å². The summed E-state index contributed by atoms with van der Waals surface area (Å²) in [5.74, 6) is -23.9. The molecule has 0 heterocycles. The highest BCUT2D eigenvalue weighted by Gasteiger charge is 2.39. The van der Waals surface area contributed by atoms with Gasteiger partial charge in [-0.15, -0.1) is 0 Å². The van der Waals surface area contributed by atoms with E-state index in [-0.39, 0.29) is 44.4 Å². The molecule has 2 aromatic carbocycles. The summed E-state index contributed by atoms with van der Waals surface area (Å²) in [5.41, 5.74) is 22.9. The molecular formula is C67H101N17O26. The molecular weight excluding hydrogens is 1460 g/mol. The number of aliphatic carboxylic acids is 3. The molecule has 0 spiro atoms. The van der Waals surface area contributed by atoms with Gasteiger partial charge in [-0.05, 0) is 73.7 Å². The first-order valence-corrected chi connectivity index (χ1v) is 34.7. The van der Waals surface area contributed by atoms with Gasteiger partial charge in [0.2, 0.25) is 88.6 Å². The molecule has 0 aliphatic rings. The van der Waals surface area contributed by atoms with Crippen molar-refractivity contribution in [3.63, 3.8) is 0 Å². The zero-order valence-electron chi connectivity index (χ0n) is 60.8. The van der Waals surface area contributed by atoms with Gasteiger partial charge in [-0.1, -0.05) is 76.6 Å². The van der Waals surface area contributed by atoms with Crippen LogP contribution in [0.15, 0.2) is 54.6 Å². The Hall–Kier alpha value is -11.5. The minimum Gasteiger partial charge on any atom is -0.508 e. The van der Waals surface area contributed by atoms with Crippen molar-refractivity contribution < 1.29 is 127 Å². The number of aliphatic hydroxyl groups excluding tert-OH is 4. The maximum Gasteiger partial charge on any atom is 0.328 e. The van der Waals surface area contributed by atoms with Crippen molar-refractivity contribution in [2.24, 2.45) is 34.8 Å². The standard InChI is InChI=1S/C67H101N17O26/c1-5-33(4)54(84-62(104)44(26-50(71)91)79-65(107)46(29-86)81-59(101)41(22-34-11-7-6-8-12-34)76-57(99)38(13-9-10-20-68)74-55(97)37(69)24-53(95)96)66(108)82-47(30-87)63(105)75-39(18-19-52(93)94)56(98)72-27-51(92)73-40(21-32(2)3)58(100)80-45(28-85)64(106)78-43(25-49(70)90)61(103)77-42(23-35-14-16-36(89)17-15-35)60(102)83-48(31-88)67(109)110/h6-8,11-12,14-17,32-33,37-48,54,85-89H,5,9-10,13,18-31,68-69H2,1-4H3,(H2,70,90)(H2,71,91)(H,72,98)(H,73,92)(H,74,97)(H,75,105)(H,76,99)(H,77,103)(H,78,106)(H,79,107)(H,80,100)(H,81,101)(H,82,108)(H,83,102)(H,84,104)(H,93,94)(H,95,96)(H,109,110)/t33-,37-,38-,39-,40-,41-,42-,43-,44-,45-,46-,47-,48-,54-/m0/s1. The molecule has 0 aliphatic heterocycles. The van der Waals surface area contributed by atoms with Gasteiger partial charge in [0.1, 0.15) is 78.3 Å². The van der Waals surface area contributed by atoms with Crippen molar-refractivity contribution in [2.45, 2.75) is 183 Å². The predicted molar refractivity (Wildman–Crippen MR) is 381 cm³/mol. The Morgan fingerprint density at radius 3 is 1.24 bits per heavy atom. The topological polar surface area (TPSA) is 730 Å². The van der Waals surface area contributed by atoms with Crippen LogP contribution in [0.3, 0.4) is 0 Å². The van der Waals surface area contributed by atoms with E-state index in [1.54, 1.807) is 51.1 Å². The monoisotopic (exact) mass is 1560 g/mol. The van der Waals surface area contributed by atoms with Gasteiger partial charge >= 0.3 is 17.9 Å². The molecule has 0 fully saturated rings. The van der Waals surface area contributed by atoms with Gasteiger partial charge in [0, 0.05) is 19.3 Å². The van der Waals surface area contributed by atoms with Crippen LogP contribution in [0.25, 0.3) is 0 Å². The molecule has 0 radical (unpaired) electrons. The number of aliphatic hydroxyl groups is 4. The van der Waals surface area contributed by atoms with E-state index in [0.29, 0.717) is 17.5 Å². The summed E-state index contributed by atoms with van der Waals surface area (Å²) in [4.78, 5) is 238. The molecule has 0 saturated heterocycles. The van der Waals surface area contributed by atoms with Gasteiger partial charge in [0.15, 0.2) is 0 Å². The van der Waals surface area contributed by atoms with Crippen molar-refractivity contribution in [1.82, 2.24) is 69.1 Å². The summed E-state index contributed by atoms with van der Waals surface area (Å²) in [6, 6.07) is -9.88. The van der Waals surface area contributed by atoms with E-state index in [1.807, 2.05) is 5.32 Å². The van der Waals surface area contributed by atoms with Crippen molar-refractivity contribution in [2.75, 3.05) is 39.5 Å². The number of hydrogen-bond acceptors (Lipinski definition) is 25. The fourth-order valence-corrected chi connectivity index (χ4v) is 10.2. The fourth-order valence-electron chi connectivity index (χ4n) is 10.2. The molecule has 2 aromatic rings. The minimum atomic E-state index is -2.00. The molecule has 610 valence electrons. The molecule has 0 saturated carbocycles. The average molecular weight is 1560 g/mol. The van der Waals surface area contributed by atoms with E-state index in [9.17, 15) is 122 Å². The summed E-state index contributed by atoms with van der Waals surface area (Å²) in [5, 5.41) is 108. The molecule has 0 unspecified atom stereocenters. The third-order valence-electron chi connectivity index (χ3n) is 16.4. The number of carbonyl (C=O) groups is 18. The second-order valence-electron chi connectivity index (χ2n) is 25.8. The van der Waals surface area contributed by atoms with Crippen LogP contribution in [0.5, 0.6) is 5.75 Å². The number of carboxylic acid groups (broad SMARTS) is 3. The third-order valence-corrected chi connectivity index (χ3v) is 16.4. The zero-order valence-corrected chi connectivity index (χ0v) is 60.8. The number of unbranched alkanes of at least 4 members (excludes halogenated alkanes) is 1. The summed E-state index contributed by atoms with van der Waals surface area (Å²) in [6.45, 7) is 0.694. The van der Waals surface area contributed by atoms with Crippen LogP contribution in [-0.4, -0.2) is 265 Å². The summed E-state index contributed by atoms with van der Waals surface area (Å²) in [7, 11) is 0. The molecule has 14 atom stereocenters. The first-order valence-electron chi connectivity index (χ1n) is 34.7. The highest BCUT2D eigenvalue weighted by atomic mass is 16.4. The van der Waals surface area contributed by atoms with E-state index < -0.39 is 268 Å². The van der Waals surface area contributed by atoms with Crippen LogP contribution >= 0.6 is 0 Å². The van der Waals surface area contributed by atoms with Gasteiger partial charge in [-0.3, -0.25) is 81.5 Å². The SMILES string of the molecule is CC[C@H](C)[C@H](NC(=O)[C@H](CC(N)=O)NC(=O)[C@H](CO)NC(=O)[C@H](Cc1ccccc1)NC(=O)[C@H](CCCCN)NC(=O)[C@@H](N)CC(=O)O)C(=O)N[C@@H](CO)C(=O)N[C@@H](CCC(=O)O)C(=O)NCC(=O)N[C@@H](CC(C)C)C(=O)N[C@@H](CO)C(=O)N[C@@H](CC(N)=O)C(=O)N[C@@H](Cc1ccc(O)cc1)C(=O)N[C@@H](CO)C(=O)O. The molecule has 2 rings (SSSR count). The molecule has 15 amide bonds. The Kier molecular flexibility index (Phi) is 41.9. The first-order chi connectivity index (χ1) is 51.8. The number of phenolic OH excluding ortho intramolecular Hbond substituents is 1. The summed E-state index contributed by atoms with van der Waals surface area (Å²) >= 11 is 0. The number of primary amides is 2. The van der Waals surface area contributed by atoms with Gasteiger partial charge in [-0.25, -0.2) is 4.79 Å². The molecule has 0 aromatic heterocycles. The Morgan fingerprint density at radius 1 is 0.409 bits per heavy atom. The van der Waals surface area contributed by atoms with Gasteiger partial charge in [0.05, 0.1) is 58.3 Å². The molecule has 0 aliphatic carbocycles. The summed E-state index contributed by atoms with van der Waals surface area (Å²) in [6.07, 6.45) is -4.42. The van der Waals surface area contributed by atoms with Crippen molar-refractivity contribution in [3.05, 3.63) is 65.7 Å². The molecule has 110 heavy (non-hydrogen) atoms. The number of nitrogens with one attached hydrogen (secondary N) is 13. The minimum absolute atomic E-state index is 0.0550. The highest BCUT2D eigenvalue weighted by Crippen LogP contribution is 2.15. The first kappa shape index (κ1) is 94.5. The number of rotatable bonds is 52. The maximum atomic E-state index is 14.1. The van der Waals surface area contributed by atoms with Crippen LogP contribution in [-0.2, 0) is 99.1 Å². The van der Waals surface area contributed by atoms with Crippen molar-refractivity contribution in [3.8, 4) is 5.75 Å². The smallest absolute Gasteiger partial charge is 0.328 e. The number of carboxylic acids is 3. The fraction of sp³-hybridized carbons (Fsp3) is 0.552. The molecule has 0 bridgehead atoms. The lowest BCUT2D eigenvalue weighted by atomic mass is 9.97. The highest BCUT2D eigenvalue weighted by molar-refractivity contribution is 6.01. The second kappa shape index (κ2) is 48.7. The normalized spacial score (nSPS) is 14.8. The lowest BCUT2D eigenvalue weighted by Gasteiger charge is -2.29. The van der Waals surface area contributed by atoms with Crippen LogP contribution in [0, 0.1) is 11.8 Å². The number of hydrogen-bond donors (Lipinski definition) is 25. The van der Waals surface area contributed by atoms with Crippen LogP contribution in [0.2, 0.25) is 0 Å². The Bertz CT molecular complexity index is 3520. The largest absolute Gasteiger partial charge is 0.508 e. The van der Waals surface area contributed by atoms with E-state index in [2.05, 4.69) is 63.8 Å². The number of phenols is 1. The van der Waals surface area contributed by atoms with Gasteiger partial charge in [-0.2, -0.15) is 0 Å². The number of aromatic hydroxyl groups is 1. The van der Waals surface area contributed by atoms with Crippen LogP contribution < -0.4 is 92.1 Å².